The van der Waals surface area contributed by atoms with Gasteiger partial charge in [-0.05, 0) is 36.1 Å². The fourth-order valence-corrected chi connectivity index (χ4v) is 5.12. The molecule has 0 saturated heterocycles. The van der Waals surface area contributed by atoms with Crippen LogP contribution in [0.25, 0.3) is 10.8 Å². The molecule has 0 unspecified atom stereocenters. The summed E-state index contributed by atoms with van der Waals surface area (Å²) >= 11 is 1.18. The lowest BCUT2D eigenvalue weighted by molar-refractivity contribution is 0.420. The molecule has 0 spiro atoms. The van der Waals surface area contributed by atoms with Gasteiger partial charge < -0.3 is 10.2 Å². The first-order valence-corrected chi connectivity index (χ1v) is 12.0. The molecule has 0 fully saturated rings. The Morgan fingerprint density at radius 3 is 2.47 bits per heavy atom. The van der Waals surface area contributed by atoms with E-state index in [1.54, 1.807) is 48.5 Å². The van der Waals surface area contributed by atoms with Crippen LogP contribution >= 0.6 is 11.8 Å². The maximum Gasteiger partial charge on any atom is 0.261 e. The zero-order chi connectivity index (χ0) is 21.9. The average Bonchev–Trinajstić information content (AvgIpc) is 2.68. The Labute approximate surface area is 181 Å². The van der Waals surface area contributed by atoms with E-state index in [1.165, 1.54) is 11.8 Å². The topological polar surface area (TPSA) is 86.6 Å². The average molecular weight is 444 g/mol. The van der Waals surface area contributed by atoms with Gasteiger partial charge in [0.2, 0.25) is 0 Å². The van der Waals surface area contributed by atoms with Crippen LogP contribution in [0.5, 0.6) is 5.75 Å². The molecule has 0 bridgehead atoms. The molecule has 0 aliphatic carbocycles. The number of hydrogen-bond donors (Lipinski definition) is 3. The highest BCUT2D eigenvalue weighted by molar-refractivity contribution is 7.99. The highest BCUT2D eigenvalue weighted by Gasteiger charge is 2.19. The van der Waals surface area contributed by atoms with Crippen molar-refractivity contribution in [2.45, 2.75) is 30.1 Å². The molecule has 3 aromatic rings. The van der Waals surface area contributed by atoms with Crippen LogP contribution in [0.1, 0.15) is 19.4 Å². The van der Waals surface area contributed by atoms with Crippen LogP contribution in [0.15, 0.2) is 76.7 Å². The maximum absolute atomic E-state index is 13.1. The molecular weight excluding hydrogens is 418 g/mol. The first-order chi connectivity index (χ1) is 14.2. The molecule has 3 aromatic carbocycles. The number of nitrogens with one attached hydrogen (secondary N) is 1. The number of phenols is 1. The summed E-state index contributed by atoms with van der Waals surface area (Å²) in [6, 6.07) is 15.5. The third-order valence-corrected chi connectivity index (χ3v) is 6.94. The SMILES string of the molecule is C=C(O)CSc1cc(NS(=O)(=O)c2cccc(CC(C)C)c2)c2ccccc2c1O. The number of fused-ring (bicyclic) bond motifs is 1. The van der Waals surface area contributed by atoms with Crippen LogP contribution in [0.3, 0.4) is 0 Å². The number of anilines is 1. The van der Waals surface area contributed by atoms with E-state index in [9.17, 15) is 18.6 Å². The Bertz CT molecular complexity index is 1190. The molecule has 0 heterocycles. The van der Waals surface area contributed by atoms with E-state index in [0.29, 0.717) is 27.3 Å². The Kier molecular flexibility index (Phi) is 6.63. The standard InChI is InChI=1S/C23H25NO4S2/c1-15(2)11-17-7-6-8-18(12-17)30(27,28)24-21-13-22(29-14-16(3)25)23(26)20-10-5-4-9-19(20)21/h4-10,12-13,15,24-26H,3,11,14H2,1-2H3. The Hall–Kier alpha value is -2.64. The number of aliphatic hydroxyl groups excluding tert-OH is 1. The number of aromatic hydroxyl groups is 1. The van der Waals surface area contributed by atoms with E-state index in [4.69, 9.17) is 0 Å². The number of rotatable bonds is 8. The van der Waals surface area contributed by atoms with Crippen molar-refractivity contribution in [2.24, 2.45) is 5.92 Å². The lowest BCUT2D eigenvalue weighted by Crippen LogP contribution is -2.14. The van der Waals surface area contributed by atoms with Crippen LogP contribution in [0.4, 0.5) is 5.69 Å². The Balaban J connectivity index is 2.04. The second kappa shape index (κ2) is 9.02. The second-order valence-electron chi connectivity index (χ2n) is 7.52. The van der Waals surface area contributed by atoms with Gasteiger partial charge in [-0.2, -0.15) is 0 Å². The van der Waals surface area contributed by atoms with Crippen molar-refractivity contribution in [2.75, 3.05) is 10.5 Å². The number of aliphatic hydroxyl groups is 1. The predicted octanol–water partition coefficient (Wildman–Crippen LogP) is 5.71. The van der Waals surface area contributed by atoms with Crippen molar-refractivity contribution in [1.82, 2.24) is 0 Å². The third kappa shape index (κ3) is 5.09. The van der Waals surface area contributed by atoms with Crippen molar-refractivity contribution < 1.29 is 18.6 Å². The van der Waals surface area contributed by atoms with E-state index in [0.717, 1.165) is 12.0 Å². The van der Waals surface area contributed by atoms with Crippen LogP contribution in [0, 0.1) is 5.92 Å². The molecule has 0 atom stereocenters. The molecule has 0 amide bonds. The number of benzene rings is 3. The zero-order valence-electron chi connectivity index (χ0n) is 16.9. The largest absolute Gasteiger partial charge is 0.512 e. The molecular formula is C23H25NO4S2. The van der Waals surface area contributed by atoms with Gasteiger partial charge in [0.05, 0.1) is 27.0 Å². The summed E-state index contributed by atoms with van der Waals surface area (Å²) in [4.78, 5) is 0.644. The van der Waals surface area contributed by atoms with Gasteiger partial charge in [-0.3, -0.25) is 4.72 Å². The van der Waals surface area contributed by atoms with Crippen LogP contribution < -0.4 is 4.72 Å². The van der Waals surface area contributed by atoms with Gasteiger partial charge in [0, 0.05) is 10.8 Å². The molecule has 0 saturated carbocycles. The normalized spacial score (nSPS) is 11.7. The summed E-state index contributed by atoms with van der Waals surface area (Å²) in [6.07, 6.45) is 0.789. The number of phenolic OH excluding ortho intramolecular Hbond substituents is 1. The van der Waals surface area contributed by atoms with Gasteiger partial charge in [-0.25, -0.2) is 8.42 Å². The lowest BCUT2D eigenvalue weighted by atomic mass is 10.0. The minimum absolute atomic E-state index is 0.0309. The lowest BCUT2D eigenvalue weighted by Gasteiger charge is -2.15. The summed E-state index contributed by atoms with van der Waals surface area (Å²) in [7, 11) is -3.83. The summed E-state index contributed by atoms with van der Waals surface area (Å²) in [5.41, 5.74) is 1.32. The van der Waals surface area contributed by atoms with Crippen molar-refractivity contribution in [3.05, 3.63) is 72.5 Å². The van der Waals surface area contributed by atoms with Gasteiger partial charge in [-0.15, -0.1) is 11.8 Å². The van der Waals surface area contributed by atoms with E-state index >= 15 is 0 Å². The minimum atomic E-state index is -3.83. The fourth-order valence-electron chi connectivity index (χ4n) is 3.20. The van der Waals surface area contributed by atoms with E-state index in [1.807, 2.05) is 6.07 Å². The van der Waals surface area contributed by atoms with Crippen molar-refractivity contribution >= 4 is 38.2 Å². The summed E-state index contributed by atoms with van der Waals surface area (Å²) in [5, 5.41) is 21.1. The van der Waals surface area contributed by atoms with Gasteiger partial charge >= 0.3 is 0 Å². The van der Waals surface area contributed by atoms with Crippen LogP contribution in [-0.2, 0) is 16.4 Å². The van der Waals surface area contributed by atoms with E-state index in [-0.39, 0.29) is 22.2 Å². The van der Waals surface area contributed by atoms with Gasteiger partial charge in [-0.1, -0.05) is 56.8 Å². The summed E-state index contributed by atoms with van der Waals surface area (Å²) in [6.45, 7) is 7.62. The molecule has 0 aliphatic rings. The van der Waals surface area contributed by atoms with Crippen LogP contribution in [0.2, 0.25) is 0 Å². The number of thioether (sulfide) groups is 1. The summed E-state index contributed by atoms with van der Waals surface area (Å²) < 4.78 is 28.9. The molecule has 30 heavy (non-hydrogen) atoms. The van der Waals surface area contributed by atoms with Crippen molar-refractivity contribution in [1.29, 1.82) is 0 Å². The molecule has 7 heteroatoms. The first-order valence-electron chi connectivity index (χ1n) is 9.53. The Morgan fingerprint density at radius 1 is 1.10 bits per heavy atom. The zero-order valence-corrected chi connectivity index (χ0v) is 18.6. The second-order valence-corrected chi connectivity index (χ2v) is 10.2. The minimum Gasteiger partial charge on any atom is -0.512 e. The van der Waals surface area contributed by atoms with E-state index in [2.05, 4.69) is 25.1 Å². The van der Waals surface area contributed by atoms with Gasteiger partial charge in [0.1, 0.15) is 5.75 Å². The van der Waals surface area contributed by atoms with Gasteiger partial charge in [0.15, 0.2) is 0 Å². The quantitative estimate of drug-likeness (QED) is 0.236. The third-order valence-electron chi connectivity index (χ3n) is 4.47. The maximum atomic E-state index is 13.1. The molecule has 158 valence electrons. The number of sulfonamides is 1. The van der Waals surface area contributed by atoms with Gasteiger partial charge in [0.25, 0.3) is 10.0 Å². The smallest absolute Gasteiger partial charge is 0.261 e. The fraction of sp³-hybridized carbons (Fsp3) is 0.217. The molecule has 0 aromatic heterocycles. The van der Waals surface area contributed by atoms with Crippen LogP contribution in [-0.4, -0.2) is 24.4 Å². The highest BCUT2D eigenvalue weighted by atomic mass is 32.2. The van der Waals surface area contributed by atoms with Crippen molar-refractivity contribution in [3.63, 3.8) is 0 Å². The molecule has 3 rings (SSSR count). The van der Waals surface area contributed by atoms with E-state index < -0.39 is 10.0 Å². The highest BCUT2D eigenvalue weighted by Crippen LogP contribution is 2.40. The predicted molar refractivity (Wildman–Crippen MR) is 124 cm³/mol. The number of hydrogen-bond acceptors (Lipinski definition) is 5. The summed E-state index contributed by atoms with van der Waals surface area (Å²) in [5.74, 6) is 0.614. The Morgan fingerprint density at radius 2 is 1.80 bits per heavy atom. The van der Waals surface area contributed by atoms with Crippen molar-refractivity contribution in [3.8, 4) is 5.75 Å². The molecule has 0 radical (unpaired) electrons. The molecule has 0 aliphatic heterocycles. The first kappa shape index (κ1) is 22.1. The monoisotopic (exact) mass is 443 g/mol. The molecule has 3 N–H and O–H groups in total. The molecule has 5 nitrogen and oxygen atoms in total.